The number of hydrogen-bond acceptors (Lipinski definition) is 13. The fourth-order valence-corrected chi connectivity index (χ4v) is 7.43. The Morgan fingerprint density at radius 1 is 1.23 bits per heavy atom. The van der Waals surface area contributed by atoms with Gasteiger partial charge in [0.15, 0.2) is 15.3 Å². The van der Waals surface area contributed by atoms with E-state index in [9.17, 15) is 19.6 Å². The number of carbonyl (C=O) groups is 3. The first-order chi connectivity index (χ1) is 20.8. The van der Waals surface area contributed by atoms with Gasteiger partial charge < -0.3 is 15.8 Å². The van der Waals surface area contributed by atoms with Gasteiger partial charge in [0.05, 0.1) is 42.0 Å². The number of aromatic nitrogens is 3. The van der Waals surface area contributed by atoms with E-state index in [0.717, 1.165) is 17.7 Å². The molecule has 11 nitrogen and oxygen atoms in total. The standard InChI is InChI=1S/C29H29N7O4S3/c1-3-16-8-10-17(11-9-16)24-19(13-30)26(31)36(20-6-5-7-21(37)25(20)24)28-34-35-29(43-28)42-15-22(38)33-27-32-18(14-41-27)12-23(39)40-4-2/h8-11,14,24H,3-7,12,15,31H2,1-2H3,(H,32,33,38). The summed E-state index contributed by atoms with van der Waals surface area (Å²) >= 11 is 3.66. The molecule has 0 bridgehead atoms. The molecule has 1 aromatic carbocycles. The van der Waals surface area contributed by atoms with E-state index in [1.807, 2.05) is 24.3 Å². The first-order valence-corrected chi connectivity index (χ1v) is 16.4. The van der Waals surface area contributed by atoms with Crippen LogP contribution in [0.5, 0.6) is 0 Å². The average Bonchev–Trinajstić information content (AvgIpc) is 3.65. The number of rotatable bonds is 10. The SMILES string of the molecule is CCOC(=O)Cc1csc(NC(=O)CSc2nnc(N3C(N)=C(C#N)C(c4ccc(CC)cc4)C4=C3CCCC4=O)s2)n1. The van der Waals surface area contributed by atoms with E-state index in [-0.39, 0.29) is 35.7 Å². The molecule has 1 aliphatic heterocycles. The Bertz CT molecular complexity index is 1650. The van der Waals surface area contributed by atoms with E-state index >= 15 is 0 Å². The molecule has 0 fully saturated rings. The summed E-state index contributed by atoms with van der Waals surface area (Å²) in [7, 11) is 0. The third-order valence-electron chi connectivity index (χ3n) is 6.98. The highest BCUT2D eigenvalue weighted by atomic mass is 32.2. The number of allylic oxidation sites excluding steroid dienone is 3. The monoisotopic (exact) mass is 635 g/mol. The van der Waals surface area contributed by atoms with Crippen LogP contribution in [0.3, 0.4) is 0 Å². The first kappa shape index (κ1) is 30.4. The Morgan fingerprint density at radius 2 is 2.02 bits per heavy atom. The molecule has 43 heavy (non-hydrogen) atoms. The molecular formula is C29H29N7O4S3. The number of Topliss-reactive ketones (excluding diaryl/α,β-unsaturated/α-hetero) is 1. The van der Waals surface area contributed by atoms with Crippen LogP contribution in [-0.2, 0) is 32.0 Å². The minimum atomic E-state index is -0.538. The average molecular weight is 636 g/mol. The van der Waals surface area contributed by atoms with Gasteiger partial charge in [-0.05, 0) is 37.3 Å². The molecule has 222 valence electrons. The Morgan fingerprint density at radius 3 is 2.74 bits per heavy atom. The van der Waals surface area contributed by atoms with Gasteiger partial charge in [0.25, 0.3) is 0 Å². The normalized spacial score (nSPS) is 16.6. The molecule has 14 heteroatoms. The van der Waals surface area contributed by atoms with Crippen LogP contribution in [0.15, 0.2) is 56.6 Å². The van der Waals surface area contributed by atoms with Crippen LogP contribution in [0, 0.1) is 11.3 Å². The molecule has 3 heterocycles. The lowest BCUT2D eigenvalue weighted by Gasteiger charge is -2.38. The van der Waals surface area contributed by atoms with Crippen LogP contribution < -0.4 is 16.0 Å². The number of hydrogen-bond donors (Lipinski definition) is 2. The predicted octanol–water partition coefficient (Wildman–Crippen LogP) is 4.70. The summed E-state index contributed by atoms with van der Waals surface area (Å²) in [5.74, 6) is -0.918. The third-order valence-corrected chi connectivity index (χ3v) is 9.83. The van der Waals surface area contributed by atoms with Crippen molar-refractivity contribution in [3.05, 3.63) is 69.1 Å². The zero-order valence-corrected chi connectivity index (χ0v) is 26.0. The Kier molecular flexibility index (Phi) is 9.54. The molecule has 2 aromatic heterocycles. The van der Waals surface area contributed by atoms with Crippen LogP contribution in [0.4, 0.5) is 10.3 Å². The second-order valence-corrected chi connectivity index (χ2v) is 12.8. The van der Waals surface area contributed by atoms with Crippen molar-refractivity contribution in [2.75, 3.05) is 22.6 Å². The second-order valence-electron chi connectivity index (χ2n) is 9.72. The molecule has 3 aromatic rings. The fraction of sp³-hybridized carbons (Fsp3) is 0.345. The summed E-state index contributed by atoms with van der Waals surface area (Å²) in [6, 6.07) is 10.2. The molecule has 1 amide bonds. The van der Waals surface area contributed by atoms with Crippen molar-refractivity contribution in [2.45, 2.75) is 56.2 Å². The second kappa shape index (κ2) is 13.5. The lowest BCUT2D eigenvalue weighted by Crippen LogP contribution is -2.38. The maximum absolute atomic E-state index is 13.3. The van der Waals surface area contributed by atoms with Gasteiger partial charge in [-0.25, -0.2) is 4.98 Å². The Hall–Kier alpha value is -4.06. The van der Waals surface area contributed by atoms with Crippen molar-refractivity contribution in [1.82, 2.24) is 15.2 Å². The number of aryl methyl sites for hydroxylation is 1. The lowest BCUT2D eigenvalue weighted by atomic mass is 9.75. The van der Waals surface area contributed by atoms with Crippen LogP contribution in [0.25, 0.3) is 0 Å². The molecule has 0 spiro atoms. The summed E-state index contributed by atoms with van der Waals surface area (Å²) < 4.78 is 5.46. The molecule has 1 unspecified atom stereocenters. The molecule has 0 saturated carbocycles. The number of thiazole rings is 1. The van der Waals surface area contributed by atoms with E-state index in [2.05, 4.69) is 33.5 Å². The largest absolute Gasteiger partial charge is 0.466 e. The summed E-state index contributed by atoms with van der Waals surface area (Å²) in [4.78, 5) is 43.5. The van der Waals surface area contributed by atoms with Crippen molar-refractivity contribution in [3.63, 3.8) is 0 Å². The number of esters is 1. The zero-order valence-electron chi connectivity index (χ0n) is 23.6. The van der Waals surface area contributed by atoms with Crippen molar-refractivity contribution < 1.29 is 19.1 Å². The van der Waals surface area contributed by atoms with Gasteiger partial charge in [-0.2, -0.15) is 5.26 Å². The number of ether oxygens (including phenoxy) is 1. The number of nitrogens with zero attached hydrogens (tertiary/aromatic N) is 5. The molecule has 5 rings (SSSR count). The summed E-state index contributed by atoms with van der Waals surface area (Å²) in [5, 5.41) is 24.0. The number of benzene rings is 1. The van der Waals surface area contributed by atoms with E-state index in [0.29, 0.717) is 57.3 Å². The van der Waals surface area contributed by atoms with Crippen LogP contribution in [0.2, 0.25) is 0 Å². The number of anilines is 2. The third kappa shape index (κ3) is 6.64. The Labute approximate surface area is 260 Å². The van der Waals surface area contributed by atoms with E-state index < -0.39 is 5.92 Å². The first-order valence-electron chi connectivity index (χ1n) is 13.7. The quantitative estimate of drug-likeness (QED) is 0.234. The van der Waals surface area contributed by atoms with Crippen LogP contribution >= 0.6 is 34.4 Å². The maximum atomic E-state index is 13.3. The van der Waals surface area contributed by atoms with Gasteiger partial charge in [-0.3, -0.25) is 19.3 Å². The highest BCUT2D eigenvalue weighted by Crippen LogP contribution is 2.47. The number of carbonyl (C=O) groups excluding carboxylic acids is 3. The van der Waals surface area contributed by atoms with Crippen molar-refractivity contribution >= 4 is 62.4 Å². The number of nitrogens with two attached hydrogens (primary N) is 1. The van der Waals surface area contributed by atoms with Crippen LogP contribution in [0.1, 0.15) is 55.8 Å². The molecular weight excluding hydrogens is 607 g/mol. The van der Waals surface area contributed by atoms with E-state index in [4.69, 9.17) is 10.5 Å². The highest BCUT2D eigenvalue weighted by molar-refractivity contribution is 8.01. The van der Waals surface area contributed by atoms with Crippen molar-refractivity contribution in [1.29, 1.82) is 5.26 Å². The minimum Gasteiger partial charge on any atom is -0.466 e. The van der Waals surface area contributed by atoms with Crippen molar-refractivity contribution in [2.24, 2.45) is 5.73 Å². The van der Waals surface area contributed by atoms with Crippen molar-refractivity contribution in [3.8, 4) is 6.07 Å². The van der Waals surface area contributed by atoms with Gasteiger partial charge in [-0.1, -0.05) is 54.3 Å². The zero-order chi connectivity index (χ0) is 30.5. The summed E-state index contributed by atoms with van der Waals surface area (Å²) in [6.07, 6.45) is 2.62. The number of amides is 1. The molecule has 0 saturated heterocycles. The minimum absolute atomic E-state index is 0.000507. The van der Waals surface area contributed by atoms with Gasteiger partial charge >= 0.3 is 5.97 Å². The molecule has 2 aliphatic rings. The molecule has 1 atom stereocenters. The van der Waals surface area contributed by atoms with Gasteiger partial charge in [-0.15, -0.1) is 21.5 Å². The van der Waals surface area contributed by atoms with E-state index in [1.54, 1.807) is 17.2 Å². The summed E-state index contributed by atoms with van der Waals surface area (Å²) in [5.41, 5.74) is 10.8. The molecule has 0 radical (unpaired) electrons. The number of ketones is 1. The van der Waals surface area contributed by atoms with E-state index in [1.165, 1.54) is 40.0 Å². The smallest absolute Gasteiger partial charge is 0.311 e. The van der Waals surface area contributed by atoms with Gasteiger partial charge in [0.1, 0.15) is 5.82 Å². The number of thioether (sulfide) groups is 1. The molecule has 3 N–H and O–H groups in total. The topological polar surface area (TPSA) is 164 Å². The van der Waals surface area contributed by atoms with Gasteiger partial charge in [0, 0.05) is 23.1 Å². The fourth-order valence-electron chi connectivity index (χ4n) is 5.02. The highest BCUT2D eigenvalue weighted by Gasteiger charge is 2.41. The summed E-state index contributed by atoms with van der Waals surface area (Å²) in [6.45, 7) is 4.10. The predicted molar refractivity (Wildman–Crippen MR) is 165 cm³/mol. The number of nitrogens with one attached hydrogen (secondary N) is 1. The molecule has 1 aliphatic carbocycles. The van der Waals surface area contributed by atoms with Crippen LogP contribution in [-0.4, -0.2) is 45.2 Å². The number of nitriles is 1. The lowest BCUT2D eigenvalue weighted by molar-refractivity contribution is -0.142. The van der Waals surface area contributed by atoms with Gasteiger partial charge in [0.2, 0.25) is 11.0 Å². The Balaban J connectivity index is 1.32. The maximum Gasteiger partial charge on any atom is 0.311 e.